The van der Waals surface area contributed by atoms with Crippen LogP contribution in [-0.4, -0.2) is 6.54 Å². The molecular formula is C32H39N. The molecule has 1 N–H and O–H groups in total. The monoisotopic (exact) mass is 437 g/mol. The molecule has 1 unspecified atom stereocenters. The lowest BCUT2D eigenvalue weighted by atomic mass is 9.61. The highest BCUT2D eigenvalue weighted by Gasteiger charge is 2.41. The van der Waals surface area contributed by atoms with Gasteiger partial charge in [0.25, 0.3) is 0 Å². The number of benzene rings is 3. The Morgan fingerprint density at radius 1 is 0.515 bits per heavy atom. The quantitative estimate of drug-likeness (QED) is 0.370. The van der Waals surface area contributed by atoms with Crippen molar-refractivity contribution < 1.29 is 0 Å². The Morgan fingerprint density at radius 3 is 1.88 bits per heavy atom. The van der Waals surface area contributed by atoms with Crippen molar-refractivity contribution in [2.45, 2.75) is 82.5 Å². The van der Waals surface area contributed by atoms with Crippen LogP contribution < -0.4 is 5.32 Å². The summed E-state index contributed by atoms with van der Waals surface area (Å²) in [6.07, 6.45) is 16.0. The molecule has 1 atom stereocenters. The fourth-order valence-electron chi connectivity index (χ4n) is 6.33. The van der Waals surface area contributed by atoms with E-state index in [1.54, 1.807) is 0 Å². The first kappa shape index (κ1) is 22.3. The molecule has 1 heterocycles. The summed E-state index contributed by atoms with van der Waals surface area (Å²) in [6.45, 7) is 1.07. The number of fused-ring (bicyclic) bond motifs is 6. The summed E-state index contributed by atoms with van der Waals surface area (Å²) in [5.74, 6) is 0. The predicted octanol–water partition coefficient (Wildman–Crippen LogP) is 8.91. The second-order valence-electron chi connectivity index (χ2n) is 10.2. The first-order valence-electron chi connectivity index (χ1n) is 13.4. The summed E-state index contributed by atoms with van der Waals surface area (Å²) >= 11 is 0. The van der Waals surface area contributed by atoms with Gasteiger partial charge in [0.2, 0.25) is 0 Å². The Labute approximate surface area is 200 Å². The predicted molar refractivity (Wildman–Crippen MR) is 142 cm³/mol. The van der Waals surface area contributed by atoms with E-state index in [2.05, 4.69) is 78.1 Å². The van der Waals surface area contributed by atoms with Gasteiger partial charge in [0.1, 0.15) is 0 Å². The van der Waals surface area contributed by atoms with E-state index < -0.39 is 0 Å². The zero-order chi connectivity index (χ0) is 22.3. The highest BCUT2D eigenvalue weighted by Crippen LogP contribution is 2.51. The van der Waals surface area contributed by atoms with Gasteiger partial charge in [-0.05, 0) is 53.1 Å². The molecule has 0 saturated heterocycles. The Hall–Kier alpha value is -2.54. The molecule has 172 valence electrons. The first-order valence-corrected chi connectivity index (χ1v) is 13.4. The summed E-state index contributed by atoms with van der Waals surface area (Å²) in [5, 5.41) is 3.87. The van der Waals surface area contributed by atoms with E-state index >= 15 is 0 Å². The zero-order valence-corrected chi connectivity index (χ0v) is 20.1. The van der Waals surface area contributed by atoms with Crippen molar-refractivity contribution in [2.75, 3.05) is 11.9 Å². The highest BCUT2D eigenvalue weighted by atomic mass is 14.9. The molecule has 1 aliphatic carbocycles. The molecule has 33 heavy (non-hydrogen) atoms. The molecule has 0 saturated carbocycles. The Balaban J connectivity index is 1.59. The molecule has 5 rings (SSSR count). The molecule has 1 heteroatoms. The summed E-state index contributed by atoms with van der Waals surface area (Å²) in [7, 11) is 0. The van der Waals surface area contributed by atoms with Gasteiger partial charge in [-0.2, -0.15) is 0 Å². The van der Waals surface area contributed by atoms with E-state index in [1.807, 2.05) is 0 Å². The maximum absolute atomic E-state index is 3.87. The molecule has 0 radical (unpaired) electrons. The van der Waals surface area contributed by atoms with E-state index in [4.69, 9.17) is 0 Å². The fraction of sp³-hybridized carbons (Fsp3) is 0.438. The molecule has 2 aliphatic rings. The average molecular weight is 438 g/mol. The highest BCUT2D eigenvalue weighted by molar-refractivity contribution is 5.78. The summed E-state index contributed by atoms with van der Waals surface area (Å²) in [4.78, 5) is 0. The topological polar surface area (TPSA) is 12.0 Å². The third-order valence-electron chi connectivity index (χ3n) is 8.03. The summed E-state index contributed by atoms with van der Waals surface area (Å²) in [6, 6.07) is 27.5. The third kappa shape index (κ3) is 4.74. The lowest BCUT2D eigenvalue weighted by Gasteiger charge is -2.42. The van der Waals surface area contributed by atoms with Gasteiger partial charge >= 0.3 is 0 Å². The Morgan fingerprint density at radius 2 is 1.09 bits per heavy atom. The van der Waals surface area contributed by atoms with Crippen molar-refractivity contribution in [3.05, 3.63) is 89.5 Å². The van der Waals surface area contributed by atoms with Crippen LogP contribution in [0.25, 0.3) is 11.1 Å². The lowest BCUT2D eigenvalue weighted by Crippen LogP contribution is -2.35. The maximum Gasteiger partial charge on any atom is 0.0381 e. The van der Waals surface area contributed by atoms with Gasteiger partial charge in [0, 0.05) is 17.6 Å². The number of hydrogen-bond donors (Lipinski definition) is 1. The minimum Gasteiger partial charge on any atom is -0.385 e. The molecule has 0 amide bonds. The number of anilines is 1. The SMILES string of the molecule is c1ccc2c(c1)CC1(CCCCCCCCCCCCNc3ccccc31)c1ccccc1-2. The van der Waals surface area contributed by atoms with Gasteiger partial charge < -0.3 is 5.32 Å². The van der Waals surface area contributed by atoms with Gasteiger partial charge in [0.15, 0.2) is 0 Å². The van der Waals surface area contributed by atoms with Crippen LogP contribution in [0.5, 0.6) is 0 Å². The van der Waals surface area contributed by atoms with E-state index in [1.165, 1.54) is 104 Å². The van der Waals surface area contributed by atoms with Crippen LogP contribution in [0.3, 0.4) is 0 Å². The lowest BCUT2D eigenvalue weighted by molar-refractivity contribution is 0.431. The van der Waals surface area contributed by atoms with Crippen molar-refractivity contribution in [3.8, 4) is 11.1 Å². The fourth-order valence-corrected chi connectivity index (χ4v) is 6.33. The van der Waals surface area contributed by atoms with Crippen molar-refractivity contribution in [2.24, 2.45) is 0 Å². The van der Waals surface area contributed by atoms with E-state index in [9.17, 15) is 0 Å². The largest absolute Gasteiger partial charge is 0.385 e. The summed E-state index contributed by atoms with van der Waals surface area (Å²) in [5.41, 5.74) is 8.77. The smallest absolute Gasteiger partial charge is 0.0381 e. The molecular weight excluding hydrogens is 398 g/mol. The van der Waals surface area contributed by atoms with Gasteiger partial charge in [-0.15, -0.1) is 0 Å². The zero-order valence-electron chi connectivity index (χ0n) is 20.1. The van der Waals surface area contributed by atoms with Crippen molar-refractivity contribution >= 4 is 5.69 Å². The van der Waals surface area contributed by atoms with Crippen LogP contribution in [0.15, 0.2) is 72.8 Å². The molecule has 0 aromatic heterocycles. The number of hydrogen-bond acceptors (Lipinski definition) is 1. The molecule has 0 fully saturated rings. The van der Waals surface area contributed by atoms with E-state index in [-0.39, 0.29) is 5.41 Å². The van der Waals surface area contributed by atoms with Crippen LogP contribution in [-0.2, 0) is 11.8 Å². The van der Waals surface area contributed by atoms with Gasteiger partial charge in [-0.1, -0.05) is 125 Å². The van der Waals surface area contributed by atoms with E-state index in [0.29, 0.717) is 0 Å². The van der Waals surface area contributed by atoms with Crippen molar-refractivity contribution in [1.82, 2.24) is 0 Å². The van der Waals surface area contributed by atoms with Gasteiger partial charge in [-0.25, -0.2) is 0 Å². The van der Waals surface area contributed by atoms with Crippen molar-refractivity contribution in [3.63, 3.8) is 0 Å². The average Bonchev–Trinajstić information content (AvgIpc) is 2.86. The van der Waals surface area contributed by atoms with Crippen molar-refractivity contribution in [1.29, 1.82) is 0 Å². The second-order valence-corrected chi connectivity index (χ2v) is 10.2. The van der Waals surface area contributed by atoms with Gasteiger partial charge in [-0.3, -0.25) is 0 Å². The van der Waals surface area contributed by atoms with Gasteiger partial charge in [0.05, 0.1) is 0 Å². The Kier molecular flexibility index (Phi) is 7.15. The molecule has 1 spiro atoms. The molecule has 3 aromatic rings. The summed E-state index contributed by atoms with van der Waals surface area (Å²) < 4.78 is 0. The molecule has 3 aromatic carbocycles. The standard InChI is InChI=1S/C32H39N/c1-2-4-6-8-16-24-33-31-22-14-13-21-30(31)32(23-15-7-5-3-1)25-26-17-9-10-18-27(26)28-19-11-12-20-29(28)32/h9-14,17-22,33H,1-8,15-16,23-25H2. The number of nitrogens with one attached hydrogen (secondary N) is 1. The minimum absolute atomic E-state index is 0.0333. The first-order chi connectivity index (χ1) is 16.4. The van der Waals surface area contributed by atoms with Crippen LogP contribution in [0.4, 0.5) is 5.69 Å². The van der Waals surface area contributed by atoms with Crippen LogP contribution in [0.1, 0.15) is 87.3 Å². The molecule has 0 bridgehead atoms. The van der Waals surface area contributed by atoms with Crippen LogP contribution in [0.2, 0.25) is 0 Å². The molecule has 1 nitrogen and oxygen atoms in total. The third-order valence-corrected chi connectivity index (χ3v) is 8.03. The van der Waals surface area contributed by atoms with Crippen LogP contribution in [0, 0.1) is 0 Å². The second kappa shape index (κ2) is 10.6. The normalized spacial score (nSPS) is 21.9. The minimum atomic E-state index is 0.0333. The molecule has 1 aliphatic heterocycles. The van der Waals surface area contributed by atoms with E-state index in [0.717, 1.165) is 13.0 Å². The number of para-hydroxylation sites is 1. The number of rotatable bonds is 0. The Bertz CT molecular complexity index is 1050. The van der Waals surface area contributed by atoms with Crippen LogP contribution >= 0.6 is 0 Å². The maximum atomic E-state index is 3.87.